The molecular formula is C9H11Cl2N3O. The van der Waals surface area contributed by atoms with Gasteiger partial charge in [-0.05, 0) is 18.0 Å². The van der Waals surface area contributed by atoms with E-state index >= 15 is 0 Å². The van der Waals surface area contributed by atoms with E-state index in [-0.39, 0.29) is 11.4 Å². The predicted molar refractivity (Wildman–Crippen MR) is 58.0 cm³/mol. The summed E-state index contributed by atoms with van der Waals surface area (Å²) in [6.45, 7) is 2.21. The molecule has 82 valence electrons. The van der Waals surface area contributed by atoms with E-state index in [9.17, 15) is 5.11 Å². The van der Waals surface area contributed by atoms with Crippen molar-refractivity contribution in [1.82, 2.24) is 14.9 Å². The summed E-state index contributed by atoms with van der Waals surface area (Å²) < 4.78 is 0. The number of hydrogen-bond acceptors (Lipinski definition) is 4. The number of halogens is 2. The number of aliphatic hydroxyl groups is 1. The van der Waals surface area contributed by atoms with Crippen LogP contribution < -0.4 is 0 Å². The molecule has 0 spiro atoms. The SMILES string of the molecule is O[C@H]1CCN(Cc2cnc(Cl)nc2Cl)C1. The highest BCUT2D eigenvalue weighted by Gasteiger charge is 2.21. The van der Waals surface area contributed by atoms with Crippen molar-refractivity contribution in [3.63, 3.8) is 0 Å². The lowest BCUT2D eigenvalue weighted by Gasteiger charge is -2.14. The van der Waals surface area contributed by atoms with Crippen LogP contribution in [0, 0.1) is 0 Å². The fraction of sp³-hybridized carbons (Fsp3) is 0.556. The van der Waals surface area contributed by atoms with Gasteiger partial charge in [0.05, 0.1) is 6.10 Å². The molecular weight excluding hydrogens is 237 g/mol. The molecule has 0 aliphatic carbocycles. The van der Waals surface area contributed by atoms with Crippen LogP contribution in [0.3, 0.4) is 0 Å². The van der Waals surface area contributed by atoms with Gasteiger partial charge in [-0.25, -0.2) is 9.97 Å². The molecule has 2 rings (SSSR count). The van der Waals surface area contributed by atoms with E-state index in [0.29, 0.717) is 18.2 Å². The molecule has 1 aliphatic rings. The first-order valence-corrected chi connectivity index (χ1v) is 5.48. The highest BCUT2D eigenvalue weighted by atomic mass is 35.5. The standard InChI is InChI=1S/C9H11Cl2N3O/c10-8-6(3-12-9(11)13-8)4-14-2-1-7(15)5-14/h3,7,15H,1-2,4-5H2/t7-/m0/s1. The van der Waals surface area contributed by atoms with Crippen LogP contribution in [0.1, 0.15) is 12.0 Å². The molecule has 15 heavy (non-hydrogen) atoms. The summed E-state index contributed by atoms with van der Waals surface area (Å²) in [5.41, 5.74) is 0.843. The molecule has 0 radical (unpaired) electrons. The van der Waals surface area contributed by atoms with Crippen molar-refractivity contribution in [3.8, 4) is 0 Å². The van der Waals surface area contributed by atoms with Crippen LogP contribution in [-0.2, 0) is 6.54 Å². The Kier molecular flexibility index (Phi) is 3.41. The fourth-order valence-electron chi connectivity index (χ4n) is 1.67. The van der Waals surface area contributed by atoms with E-state index in [1.165, 1.54) is 0 Å². The molecule has 0 bridgehead atoms. The van der Waals surface area contributed by atoms with Crippen molar-refractivity contribution in [1.29, 1.82) is 0 Å². The Hall–Kier alpha value is -0.420. The third-order valence-electron chi connectivity index (χ3n) is 2.42. The molecule has 1 fully saturated rings. The molecule has 1 aromatic heterocycles. The van der Waals surface area contributed by atoms with Gasteiger partial charge in [0.15, 0.2) is 0 Å². The number of rotatable bonds is 2. The third kappa shape index (κ3) is 2.78. The van der Waals surface area contributed by atoms with Gasteiger partial charge >= 0.3 is 0 Å². The zero-order valence-corrected chi connectivity index (χ0v) is 9.54. The molecule has 0 amide bonds. The van der Waals surface area contributed by atoms with Gasteiger partial charge in [-0.1, -0.05) is 11.6 Å². The van der Waals surface area contributed by atoms with Crippen molar-refractivity contribution < 1.29 is 5.11 Å². The van der Waals surface area contributed by atoms with Crippen LogP contribution in [0.15, 0.2) is 6.20 Å². The largest absolute Gasteiger partial charge is 0.392 e. The molecule has 1 atom stereocenters. The summed E-state index contributed by atoms with van der Waals surface area (Å²) in [7, 11) is 0. The van der Waals surface area contributed by atoms with Gasteiger partial charge in [-0.3, -0.25) is 4.90 Å². The normalized spacial score (nSPS) is 22.2. The molecule has 1 N–H and O–H groups in total. The van der Waals surface area contributed by atoms with E-state index in [2.05, 4.69) is 14.9 Å². The first-order chi connectivity index (χ1) is 7.15. The highest BCUT2D eigenvalue weighted by Crippen LogP contribution is 2.18. The molecule has 4 nitrogen and oxygen atoms in total. The second-order valence-corrected chi connectivity index (χ2v) is 4.33. The maximum absolute atomic E-state index is 9.36. The summed E-state index contributed by atoms with van der Waals surface area (Å²) in [4.78, 5) is 9.86. The number of likely N-dealkylation sites (tertiary alicyclic amines) is 1. The summed E-state index contributed by atoms with van der Waals surface area (Å²) in [5.74, 6) is 0. The molecule has 6 heteroatoms. The van der Waals surface area contributed by atoms with E-state index in [4.69, 9.17) is 23.2 Å². The Labute approximate surface area is 97.9 Å². The summed E-state index contributed by atoms with van der Waals surface area (Å²) in [5, 5.41) is 9.91. The quantitative estimate of drug-likeness (QED) is 0.634. The monoisotopic (exact) mass is 247 g/mol. The first kappa shape index (κ1) is 11.1. The number of nitrogens with zero attached hydrogens (tertiary/aromatic N) is 3. The fourth-order valence-corrected chi connectivity index (χ4v) is 2.03. The molecule has 1 aromatic rings. The van der Waals surface area contributed by atoms with Crippen LogP contribution in [-0.4, -0.2) is 39.2 Å². The smallest absolute Gasteiger partial charge is 0.223 e. The van der Waals surface area contributed by atoms with Gasteiger partial charge in [-0.15, -0.1) is 0 Å². The van der Waals surface area contributed by atoms with Crippen LogP contribution in [0.2, 0.25) is 10.4 Å². The van der Waals surface area contributed by atoms with Crippen LogP contribution in [0.25, 0.3) is 0 Å². The van der Waals surface area contributed by atoms with Crippen LogP contribution in [0.5, 0.6) is 0 Å². The first-order valence-electron chi connectivity index (χ1n) is 4.72. The Balaban J connectivity index is 2.04. The summed E-state index contributed by atoms with van der Waals surface area (Å²) >= 11 is 11.5. The molecule has 0 unspecified atom stereocenters. The zero-order chi connectivity index (χ0) is 10.8. The number of β-amino-alcohol motifs (C(OH)–C–C–N with tert-alkyl or cyclic N) is 1. The average Bonchev–Trinajstić information content (AvgIpc) is 2.56. The van der Waals surface area contributed by atoms with Crippen molar-refractivity contribution in [2.75, 3.05) is 13.1 Å². The molecule has 1 saturated heterocycles. The lowest BCUT2D eigenvalue weighted by molar-refractivity contribution is 0.174. The Bertz CT molecular complexity index is 361. The lowest BCUT2D eigenvalue weighted by Crippen LogP contribution is -2.21. The Morgan fingerprint density at radius 2 is 2.33 bits per heavy atom. The average molecular weight is 248 g/mol. The predicted octanol–water partition coefficient (Wildman–Crippen LogP) is 1.35. The molecule has 1 aliphatic heterocycles. The van der Waals surface area contributed by atoms with Crippen molar-refractivity contribution >= 4 is 23.2 Å². The second kappa shape index (κ2) is 4.61. The van der Waals surface area contributed by atoms with Gasteiger partial charge < -0.3 is 5.11 Å². The van der Waals surface area contributed by atoms with Gasteiger partial charge in [0, 0.05) is 31.4 Å². The van der Waals surface area contributed by atoms with Crippen molar-refractivity contribution in [3.05, 3.63) is 22.2 Å². The highest BCUT2D eigenvalue weighted by molar-refractivity contribution is 6.32. The lowest BCUT2D eigenvalue weighted by atomic mass is 10.3. The van der Waals surface area contributed by atoms with Gasteiger partial charge in [-0.2, -0.15) is 0 Å². The Morgan fingerprint density at radius 1 is 1.53 bits per heavy atom. The summed E-state index contributed by atoms with van der Waals surface area (Å²) in [6, 6.07) is 0. The van der Waals surface area contributed by atoms with Gasteiger partial charge in [0.2, 0.25) is 5.28 Å². The van der Waals surface area contributed by atoms with Crippen molar-refractivity contribution in [2.45, 2.75) is 19.1 Å². The van der Waals surface area contributed by atoms with Crippen LogP contribution in [0.4, 0.5) is 0 Å². The van der Waals surface area contributed by atoms with E-state index in [1.54, 1.807) is 6.20 Å². The van der Waals surface area contributed by atoms with E-state index in [0.717, 1.165) is 18.5 Å². The minimum Gasteiger partial charge on any atom is -0.392 e. The second-order valence-electron chi connectivity index (χ2n) is 3.63. The number of hydrogen-bond donors (Lipinski definition) is 1. The number of aromatic nitrogens is 2. The molecule has 0 aromatic carbocycles. The minimum atomic E-state index is -0.225. The molecule has 2 heterocycles. The number of aliphatic hydroxyl groups excluding tert-OH is 1. The maximum atomic E-state index is 9.36. The third-order valence-corrected chi connectivity index (χ3v) is 2.93. The van der Waals surface area contributed by atoms with E-state index < -0.39 is 0 Å². The minimum absolute atomic E-state index is 0.158. The summed E-state index contributed by atoms with van der Waals surface area (Å²) in [6.07, 6.45) is 2.21. The van der Waals surface area contributed by atoms with Crippen molar-refractivity contribution in [2.24, 2.45) is 0 Å². The topological polar surface area (TPSA) is 49.2 Å². The molecule has 0 saturated carbocycles. The van der Waals surface area contributed by atoms with Gasteiger partial charge in [0.1, 0.15) is 5.15 Å². The van der Waals surface area contributed by atoms with Crippen LogP contribution >= 0.6 is 23.2 Å². The van der Waals surface area contributed by atoms with E-state index in [1.807, 2.05) is 0 Å². The Morgan fingerprint density at radius 3 is 2.93 bits per heavy atom. The zero-order valence-electron chi connectivity index (χ0n) is 8.03. The van der Waals surface area contributed by atoms with Gasteiger partial charge in [0.25, 0.3) is 0 Å². The maximum Gasteiger partial charge on any atom is 0.223 e.